The Balaban J connectivity index is 2.10. The number of nitrogens with zero attached hydrogens (tertiary/aromatic N) is 2. The molecule has 0 aliphatic rings. The van der Waals surface area contributed by atoms with Crippen molar-refractivity contribution in [3.05, 3.63) is 11.4 Å². The molecule has 0 fully saturated rings. The van der Waals surface area contributed by atoms with Crippen molar-refractivity contribution < 1.29 is 4.79 Å². The highest BCUT2D eigenvalue weighted by Gasteiger charge is 2.07. The molecule has 0 saturated heterocycles. The highest BCUT2D eigenvalue weighted by molar-refractivity contribution is 7.16. The molecule has 0 saturated carbocycles. The van der Waals surface area contributed by atoms with Gasteiger partial charge < -0.3 is 16.0 Å². The summed E-state index contributed by atoms with van der Waals surface area (Å²) in [6, 6.07) is 1.99. The lowest BCUT2D eigenvalue weighted by molar-refractivity contribution is -0.118. The van der Waals surface area contributed by atoms with Crippen LogP contribution in [0.25, 0.3) is 10.2 Å². The number of amides is 1. The number of hydrogen-bond donors (Lipinski definition) is 3. The van der Waals surface area contributed by atoms with Crippen molar-refractivity contribution in [2.45, 2.75) is 6.92 Å². The lowest BCUT2D eigenvalue weighted by Crippen LogP contribution is -2.26. The molecule has 0 aliphatic heterocycles. The molecule has 1 amide bonds. The SMILES string of the molecule is CNc1nc(NCCNC(C)=O)c2ccsc2n1. The zero-order valence-electron chi connectivity index (χ0n) is 10.3. The minimum atomic E-state index is -0.0314. The fraction of sp³-hybridized carbons (Fsp3) is 0.364. The molecule has 2 aromatic heterocycles. The summed E-state index contributed by atoms with van der Waals surface area (Å²) in [6.07, 6.45) is 0. The summed E-state index contributed by atoms with van der Waals surface area (Å²) in [5.74, 6) is 1.35. The Kier molecular flexibility index (Phi) is 3.93. The average Bonchev–Trinajstić information content (AvgIpc) is 2.82. The molecule has 0 bridgehead atoms. The number of hydrogen-bond acceptors (Lipinski definition) is 6. The van der Waals surface area contributed by atoms with Crippen LogP contribution in [0, 0.1) is 0 Å². The van der Waals surface area contributed by atoms with Crippen molar-refractivity contribution in [1.29, 1.82) is 0 Å². The first-order chi connectivity index (χ1) is 8.70. The highest BCUT2D eigenvalue weighted by Crippen LogP contribution is 2.25. The Bertz CT molecular complexity index is 553. The van der Waals surface area contributed by atoms with E-state index in [0.717, 1.165) is 16.0 Å². The maximum absolute atomic E-state index is 10.8. The Labute approximate surface area is 109 Å². The molecule has 2 rings (SSSR count). The number of carbonyl (C=O) groups is 1. The number of nitrogens with one attached hydrogen (secondary N) is 3. The third-order valence-electron chi connectivity index (χ3n) is 2.34. The van der Waals surface area contributed by atoms with Crippen LogP contribution in [0.3, 0.4) is 0 Å². The van der Waals surface area contributed by atoms with E-state index < -0.39 is 0 Å². The van der Waals surface area contributed by atoms with Crippen molar-refractivity contribution in [2.24, 2.45) is 0 Å². The number of fused-ring (bicyclic) bond motifs is 1. The number of thiophene rings is 1. The van der Waals surface area contributed by atoms with Gasteiger partial charge in [-0.15, -0.1) is 11.3 Å². The summed E-state index contributed by atoms with van der Waals surface area (Å²) in [6.45, 7) is 2.70. The number of aromatic nitrogens is 2. The van der Waals surface area contributed by atoms with Gasteiger partial charge in [0.25, 0.3) is 0 Å². The van der Waals surface area contributed by atoms with Crippen LogP contribution in [-0.2, 0) is 4.79 Å². The van der Waals surface area contributed by atoms with Crippen LogP contribution >= 0.6 is 11.3 Å². The minimum Gasteiger partial charge on any atom is -0.368 e. The molecule has 2 heterocycles. The molecule has 7 heteroatoms. The van der Waals surface area contributed by atoms with Crippen molar-refractivity contribution in [1.82, 2.24) is 15.3 Å². The van der Waals surface area contributed by atoms with Crippen LogP contribution in [-0.4, -0.2) is 36.0 Å². The predicted octanol–water partition coefficient (Wildman–Crippen LogP) is 1.28. The molecular weight excluding hydrogens is 250 g/mol. The molecule has 0 unspecified atom stereocenters. The molecule has 2 aromatic rings. The molecule has 96 valence electrons. The smallest absolute Gasteiger partial charge is 0.225 e. The van der Waals surface area contributed by atoms with E-state index in [1.807, 2.05) is 11.4 Å². The molecule has 0 atom stereocenters. The Hall–Kier alpha value is -1.89. The van der Waals surface area contributed by atoms with Gasteiger partial charge in [-0.3, -0.25) is 4.79 Å². The fourth-order valence-corrected chi connectivity index (χ4v) is 2.29. The molecule has 18 heavy (non-hydrogen) atoms. The third kappa shape index (κ3) is 2.86. The number of anilines is 2. The first kappa shape index (κ1) is 12.6. The zero-order valence-corrected chi connectivity index (χ0v) is 11.1. The van der Waals surface area contributed by atoms with Crippen molar-refractivity contribution in [3.63, 3.8) is 0 Å². The van der Waals surface area contributed by atoms with Crippen LogP contribution in [0.5, 0.6) is 0 Å². The molecule has 3 N–H and O–H groups in total. The van der Waals surface area contributed by atoms with Gasteiger partial charge in [-0.1, -0.05) is 0 Å². The van der Waals surface area contributed by atoms with E-state index in [0.29, 0.717) is 19.0 Å². The van der Waals surface area contributed by atoms with Gasteiger partial charge in [-0.25, -0.2) is 4.98 Å². The Morgan fingerprint density at radius 3 is 2.94 bits per heavy atom. The summed E-state index contributed by atoms with van der Waals surface area (Å²) in [7, 11) is 1.79. The molecule has 0 aromatic carbocycles. The first-order valence-electron chi connectivity index (χ1n) is 5.62. The average molecular weight is 265 g/mol. The van der Waals surface area contributed by atoms with Gasteiger partial charge in [0.1, 0.15) is 10.6 Å². The first-order valence-corrected chi connectivity index (χ1v) is 6.50. The largest absolute Gasteiger partial charge is 0.368 e. The molecule has 0 aliphatic carbocycles. The van der Waals surface area contributed by atoms with Crippen LogP contribution in [0.15, 0.2) is 11.4 Å². The van der Waals surface area contributed by atoms with Crippen molar-refractivity contribution >= 4 is 39.2 Å². The van der Waals surface area contributed by atoms with E-state index in [1.165, 1.54) is 6.92 Å². The third-order valence-corrected chi connectivity index (χ3v) is 3.15. The molecule has 6 nitrogen and oxygen atoms in total. The van der Waals surface area contributed by atoms with Gasteiger partial charge >= 0.3 is 0 Å². The summed E-state index contributed by atoms with van der Waals surface area (Å²) in [4.78, 5) is 20.4. The van der Waals surface area contributed by atoms with Crippen LogP contribution in [0.4, 0.5) is 11.8 Å². The monoisotopic (exact) mass is 265 g/mol. The topological polar surface area (TPSA) is 78.9 Å². The second kappa shape index (κ2) is 5.63. The molecule has 0 radical (unpaired) electrons. The predicted molar refractivity (Wildman–Crippen MR) is 74.1 cm³/mol. The molecular formula is C11H15N5OS. The lowest BCUT2D eigenvalue weighted by Gasteiger charge is -2.08. The summed E-state index contributed by atoms with van der Waals surface area (Å²) in [5, 5.41) is 11.9. The van der Waals surface area contributed by atoms with Gasteiger partial charge in [0.2, 0.25) is 11.9 Å². The standard InChI is InChI=1S/C11H15N5OS/c1-7(17)13-4-5-14-9-8-3-6-18-10(8)16-11(12-2)15-9/h3,6H,4-5H2,1-2H3,(H,13,17)(H2,12,14,15,16). The van der Waals surface area contributed by atoms with Crippen LogP contribution in [0.1, 0.15) is 6.92 Å². The van der Waals surface area contributed by atoms with Crippen molar-refractivity contribution in [2.75, 3.05) is 30.8 Å². The van der Waals surface area contributed by atoms with E-state index >= 15 is 0 Å². The maximum Gasteiger partial charge on any atom is 0.225 e. The second-order valence-corrected chi connectivity index (χ2v) is 4.59. The van der Waals surface area contributed by atoms with Crippen molar-refractivity contribution in [3.8, 4) is 0 Å². The lowest BCUT2D eigenvalue weighted by atomic mass is 10.4. The quantitative estimate of drug-likeness (QED) is 0.710. The Morgan fingerprint density at radius 1 is 1.39 bits per heavy atom. The number of rotatable bonds is 5. The van der Waals surface area contributed by atoms with Crippen LogP contribution < -0.4 is 16.0 Å². The van der Waals surface area contributed by atoms with Gasteiger partial charge in [0.05, 0.1) is 5.39 Å². The summed E-state index contributed by atoms with van der Waals surface area (Å²) in [5.41, 5.74) is 0. The number of carbonyl (C=O) groups excluding carboxylic acids is 1. The zero-order chi connectivity index (χ0) is 13.0. The Morgan fingerprint density at radius 2 is 2.22 bits per heavy atom. The van der Waals surface area contributed by atoms with E-state index in [9.17, 15) is 4.79 Å². The maximum atomic E-state index is 10.8. The van der Waals surface area contributed by atoms with Gasteiger partial charge in [-0.2, -0.15) is 4.98 Å². The summed E-state index contributed by atoms with van der Waals surface area (Å²) >= 11 is 1.57. The van der Waals surface area contributed by atoms with Gasteiger partial charge in [0, 0.05) is 27.1 Å². The van der Waals surface area contributed by atoms with Gasteiger partial charge in [-0.05, 0) is 11.4 Å². The van der Waals surface area contributed by atoms with E-state index in [1.54, 1.807) is 18.4 Å². The molecule has 0 spiro atoms. The van der Waals surface area contributed by atoms with Crippen LogP contribution in [0.2, 0.25) is 0 Å². The van der Waals surface area contributed by atoms with E-state index in [4.69, 9.17) is 0 Å². The van der Waals surface area contributed by atoms with E-state index in [2.05, 4.69) is 25.9 Å². The van der Waals surface area contributed by atoms with Gasteiger partial charge in [0.15, 0.2) is 0 Å². The normalized spacial score (nSPS) is 10.3. The van der Waals surface area contributed by atoms with E-state index in [-0.39, 0.29) is 5.91 Å². The summed E-state index contributed by atoms with van der Waals surface area (Å²) < 4.78 is 0. The second-order valence-electron chi connectivity index (χ2n) is 3.69. The fourth-order valence-electron chi connectivity index (χ4n) is 1.52. The highest BCUT2D eigenvalue weighted by atomic mass is 32.1. The minimum absolute atomic E-state index is 0.0314.